The third-order valence-electron chi connectivity index (χ3n) is 5.83. The van der Waals surface area contributed by atoms with Gasteiger partial charge in [0.15, 0.2) is 0 Å². The number of nitrogens with zero attached hydrogens (tertiary/aromatic N) is 1. The zero-order valence-electron chi connectivity index (χ0n) is 20.4. The number of amides is 3. The molecule has 1 aliphatic heterocycles. The third-order valence-corrected chi connectivity index (χ3v) is 5.83. The number of urea groups is 1. The molecule has 0 radical (unpaired) electrons. The molecule has 2 aromatic rings. The highest BCUT2D eigenvalue weighted by molar-refractivity contribution is 6.01. The molecule has 1 heterocycles. The summed E-state index contributed by atoms with van der Waals surface area (Å²) in [7, 11) is 5.00. The average molecular weight is 471 g/mol. The second kappa shape index (κ2) is 11.7. The summed E-state index contributed by atoms with van der Waals surface area (Å²) >= 11 is 0. The quantitative estimate of drug-likeness (QED) is 0.633. The van der Waals surface area contributed by atoms with E-state index >= 15 is 0 Å². The Balaban J connectivity index is 1.78. The first kappa shape index (κ1) is 25.3. The largest absolute Gasteiger partial charge is 0.497 e. The number of hydrogen-bond acceptors (Lipinski definition) is 6. The maximum Gasteiger partial charge on any atom is 0.323 e. The molecular formula is C25H34N4O5. The van der Waals surface area contributed by atoms with Crippen LogP contribution in [0.4, 0.5) is 16.2 Å². The Morgan fingerprint density at radius 1 is 1.09 bits per heavy atom. The van der Waals surface area contributed by atoms with Crippen molar-refractivity contribution < 1.29 is 23.8 Å². The molecule has 0 aromatic heterocycles. The number of hydrogen-bond donors (Lipinski definition) is 3. The monoisotopic (exact) mass is 470 g/mol. The van der Waals surface area contributed by atoms with Crippen LogP contribution >= 0.6 is 0 Å². The standard InChI is InChI=1S/C25H34N4O5/c1-16-13-26-17(2)15-34-22-12-19(8-11-21(22)24(30)29(3)14-23(16)33-5)28-25(31)27-18-6-9-20(32-4)10-7-18/h6-12,16-17,23,26H,13-15H2,1-5H3,(H2,27,28,31)/t16-,17-,23-/m0/s1. The molecule has 0 saturated carbocycles. The van der Waals surface area contributed by atoms with Crippen molar-refractivity contribution in [3.05, 3.63) is 48.0 Å². The van der Waals surface area contributed by atoms with E-state index in [1.165, 1.54) is 0 Å². The van der Waals surface area contributed by atoms with E-state index in [9.17, 15) is 9.59 Å². The van der Waals surface area contributed by atoms with Crippen LogP contribution in [-0.2, 0) is 4.74 Å². The number of carbonyl (C=O) groups excluding carboxylic acids is 2. The van der Waals surface area contributed by atoms with E-state index in [1.807, 2.05) is 6.92 Å². The van der Waals surface area contributed by atoms with Gasteiger partial charge in [0.2, 0.25) is 0 Å². The average Bonchev–Trinajstić information content (AvgIpc) is 2.83. The van der Waals surface area contributed by atoms with E-state index in [0.717, 1.165) is 6.54 Å². The molecule has 34 heavy (non-hydrogen) atoms. The van der Waals surface area contributed by atoms with Gasteiger partial charge in [0.1, 0.15) is 18.1 Å². The van der Waals surface area contributed by atoms with Gasteiger partial charge in [-0.25, -0.2) is 4.79 Å². The molecule has 1 aliphatic rings. The SMILES string of the molecule is COc1ccc(NC(=O)Nc2ccc3c(c2)OC[C@H](C)NC[C@H](C)[C@@H](OC)CN(C)C3=O)cc1. The van der Waals surface area contributed by atoms with E-state index < -0.39 is 6.03 Å². The van der Waals surface area contributed by atoms with Gasteiger partial charge in [-0.15, -0.1) is 0 Å². The molecule has 0 spiro atoms. The Hall–Kier alpha value is -3.30. The van der Waals surface area contributed by atoms with Gasteiger partial charge in [0.25, 0.3) is 5.91 Å². The van der Waals surface area contributed by atoms with Crippen LogP contribution < -0.4 is 25.4 Å². The summed E-state index contributed by atoms with van der Waals surface area (Å²) in [5.74, 6) is 1.17. The van der Waals surface area contributed by atoms with Gasteiger partial charge < -0.3 is 35.1 Å². The number of rotatable bonds is 4. The fraction of sp³-hybridized carbons (Fsp3) is 0.440. The fourth-order valence-electron chi connectivity index (χ4n) is 3.70. The lowest BCUT2D eigenvalue weighted by molar-refractivity contribution is 0.0281. The maximum atomic E-state index is 13.2. The van der Waals surface area contributed by atoms with E-state index in [4.69, 9.17) is 14.2 Å². The summed E-state index contributed by atoms with van der Waals surface area (Å²) in [5.41, 5.74) is 1.56. The minimum absolute atomic E-state index is 0.0649. The number of methoxy groups -OCH3 is 2. The molecule has 3 amide bonds. The molecule has 3 N–H and O–H groups in total. The molecule has 3 atom stereocenters. The predicted molar refractivity (Wildman–Crippen MR) is 132 cm³/mol. The molecule has 2 aromatic carbocycles. The van der Waals surface area contributed by atoms with Crippen molar-refractivity contribution in [3.8, 4) is 11.5 Å². The van der Waals surface area contributed by atoms with Crippen molar-refractivity contribution in [3.63, 3.8) is 0 Å². The molecule has 0 saturated heterocycles. The molecule has 184 valence electrons. The Labute approximate surface area is 200 Å². The zero-order valence-corrected chi connectivity index (χ0v) is 20.4. The Morgan fingerprint density at radius 2 is 1.76 bits per heavy atom. The van der Waals surface area contributed by atoms with Crippen LogP contribution in [0.3, 0.4) is 0 Å². The summed E-state index contributed by atoms with van der Waals surface area (Å²) < 4.78 is 16.8. The highest BCUT2D eigenvalue weighted by Gasteiger charge is 2.25. The minimum atomic E-state index is -0.409. The lowest BCUT2D eigenvalue weighted by atomic mass is 10.0. The van der Waals surface area contributed by atoms with Crippen molar-refractivity contribution >= 4 is 23.3 Å². The predicted octanol–water partition coefficient (Wildman–Crippen LogP) is 3.43. The molecular weight excluding hydrogens is 436 g/mol. The van der Waals surface area contributed by atoms with Crippen LogP contribution in [0.25, 0.3) is 0 Å². The smallest absolute Gasteiger partial charge is 0.323 e. The van der Waals surface area contributed by atoms with Crippen LogP contribution in [0, 0.1) is 5.92 Å². The maximum absolute atomic E-state index is 13.2. The Kier molecular flexibility index (Phi) is 8.72. The number of fused-ring (bicyclic) bond motifs is 1. The first-order valence-electron chi connectivity index (χ1n) is 11.3. The van der Waals surface area contributed by atoms with Gasteiger partial charge in [0.05, 0.1) is 18.8 Å². The summed E-state index contributed by atoms with van der Waals surface area (Å²) in [5, 5.41) is 9.02. The molecule has 0 aliphatic carbocycles. The fourth-order valence-corrected chi connectivity index (χ4v) is 3.70. The van der Waals surface area contributed by atoms with Crippen molar-refractivity contribution in [1.29, 1.82) is 0 Å². The van der Waals surface area contributed by atoms with Crippen LogP contribution in [0.2, 0.25) is 0 Å². The van der Waals surface area contributed by atoms with Gasteiger partial charge in [0, 0.05) is 50.7 Å². The minimum Gasteiger partial charge on any atom is -0.497 e. The first-order valence-corrected chi connectivity index (χ1v) is 11.3. The Bertz CT molecular complexity index is 982. The van der Waals surface area contributed by atoms with E-state index in [-0.39, 0.29) is 24.0 Å². The normalized spacial score (nSPS) is 21.4. The number of carbonyl (C=O) groups is 2. The molecule has 9 heteroatoms. The second-order valence-electron chi connectivity index (χ2n) is 8.58. The van der Waals surface area contributed by atoms with E-state index in [1.54, 1.807) is 68.6 Å². The van der Waals surface area contributed by atoms with Crippen LogP contribution in [0.5, 0.6) is 11.5 Å². The summed E-state index contributed by atoms with van der Waals surface area (Å²) in [4.78, 5) is 27.3. The second-order valence-corrected chi connectivity index (χ2v) is 8.58. The lowest BCUT2D eigenvalue weighted by Crippen LogP contribution is -2.44. The lowest BCUT2D eigenvalue weighted by Gasteiger charge is -2.30. The number of nitrogens with one attached hydrogen (secondary N) is 3. The van der Waals surface area contributed by atoms with Crippen molar-refractivity contribution in [2.75, 3.05) is 51.6 Å². The third kappa shape index (κ3) is 6.61. The number of likely N-dealkylation sites (N-methyl/N-ethyl adjacent to an activating group) is 1. The van der Waals surface area contributed by atoms with E-state index in [0.29, 0.717) is 41.6 Å². The Morgan fingerprint density at radius 3 is 2.44 bits per heavy atom. The van der Waals surface area contributed by atoms with Gasteiger partial charge in [-0.2, -0.15) is 0 Å². The zero-order chi connectivity index (χ0) is 24.7. The molecule has 9 nitrogen and oxygen atoms in total. The number of benzene rings is 2. The van der Waals surface area contributed by atoms with Crippen molar-refractivity contribution in [2.45, 2.75) is 26.0 Å². The van der Waals surface area contributed by atoms with Crippen LogP contribution in [0.1, 0.15) is 24.2 Å². The molecule has 0 fully saturated rings. The highest BCUT2D eigenvalue weighted by atomic mass is 16.5. The highest BCUT2D eigenvalue weighted by Crippen LogP contribution is 2.26. The van der Waals surface area contributed by atoms with Crippen molar-refractivity contribution in [2.24, 2.45) is 5.92 Å². The summed E-state index contributed by atoms with van der Waals surface area (Å²) in [6.07, 6.45) is -0.0972. The van der Waals surface area contributed by atoms with Crippen LogP contribution in [-0.4, -0.2) is 69.9 Å². The van der Waals surface area contributed by atoms with Gasteiger partial charge in [-0.1, -0.05) is 6.92 Å². The molecule has 0 unspecified atom stereocenters. The van der Waals surface area contributed by atoms with Gasteiger partial charge >= 0.3 is 6.03 Å². The summed E-state index contributed by atoms with van der Waals surface area (Å²) in [6, 6.07) is 11.7. The van der Waals surface area contributed by atoms with Gasteiger partial charge in [-0.3, -0.25) is 4.79 Å². The summed E-state index contributed by atoms with van der Waals surface area (Å²) in [6.45, 7) is 5.69. The first-order chi connectivity index (χ1) is 16.3. The number of anilines is 2. The van der Waals surface area contributed by atoms with E-state index in [2.05, 4.69) is 22.9 Å². The van der Waals surface area contributed by atoms with Crippen molar-refractivity contribution in [1.82, 2.24) is 10.2 Å². The molecule has 0 bridgehead atoms. The van der Waals surface area contributed by atoms with Gasteiger partial charge in [-0.05, 0) is 49.2 Å². The topological polar surface area (TPSA) is 101 Å². The van der Waals surface area contributed by atoms with Crippen LogP contribution in [0.15, 0.2) is 42.5 Å². The molecule has 3 rings (SSSR count). The number of ether oxygens (including phenoxy) is 3.